The quantitative estimate of drug-likeness (QED) is 0.622. The van der Waals surface area contributed by atoms with Gasteiger partial charge in [0.15, 0.2) is 11.4 Å². The molecule has 7 nitrogen and oxygen atoms in total. The summed E-state index contributed by atoms with van der Waals surface area (Å²) in [6.07, 6.45) is -3.27. The van der Waals surface area contributed by atoms with Crippen molar-refractivity contribution >= 4 is 15.9 Å². The number of hydrogen-bond acceptors (Lipinski definition) is 5. The Bertz CT molecular complexity index is 1130. The van der Waals surface area contributed by atoms with E-state index in [2.05, 4.69) is 31.1 Å². The number of alkyl halides is 3. The molecule has 0 aliphatic rings. The van der Waals surface area contributed by atoms with Crippen LogP contribution in [-0.2, 0) is 6.18 Å². The van der Waals surface area contributed by atoms with E-state index in [0.29, 0.717) is 0 Å². The molecule has 0 aliphatic heterocycles. The van der Waals surface area contributed by atoms with Crippen LogP contribution < -0.4 is 5.56 Å². The Morgan fingerprint density at radius 1 is 1.10 bits per heavy atom. The van der Waals surface area contributed by atoms with E-state index in [1.54, 1.807) is 13.8 Å². The van der Waals surface area contributed by atoms with Crippen molar-refractivity contribution in [1.29, 1.82) is 0 Å². The van der Waals surface area contributed by atoms with E-state index in [9.17, 15) is 23.1 Å². The molecule has 0 amide bonds. The molecular weight excluding hydrogens is 455 g/mol. The fourth-order valence-corrected chi connectivity index (χ4v) is 3.34. The number of halogens is 4. The maximum Gasteiger partial charge on any atom is 0.416 e. The molecule has 0 saturated heterocycles. The van der Waals surface area contributed by atoms with E-state index in [1.807, 2.05) is 0 Å². The molecule has 1 N–H and O–H groups in total. The van der Waals surface area contributed by atoms with Gasteiger partial charge in [0.2, 0.25) is 4.73 Å². The number of aryl methyl sites for hydroxylation is 2. The predicted octanol–water partition coefficient (Wildman–Crippen LogP) is 4.04. The fourth-order valence-electron chi connectivity index (χ4n) is 3.07. The predicted molar refractivity (Wildman–Crippen MR) is 103 cm³/mol. The second-order valence-electron chi connectivity index (χ2n) is 6.87. The lowest BCUT2D eigenvalue weighted by Gasteiger charge is -2.19. The van der Waals surface area contributed by atoms with Crippen molar-refractivity contribution in [2.75, 3.05) is 0 Å². The van der Waals surface area contributed by atoms with Crippen molar-refractivity contribution in [3.05, 3.63) is 55.9 Å². The summed E-state index contributed by atoms with van der Waals surface area (Å²) >= 11 is 3.08. The highest BCUT2D eigenvalue weighted by Crippen LogP contribution is 2.34. The lowest BCUT2D eigenvalue weighted by atomic mass is 10.0. The van der Waals surface area contributed by atoms with Crippen LogP contribution in [0.2, 0.25) is 0 Å². The largest absolute Gasteiger partial charge is 0.504 e. The zero-order chi connectivity index (χ0) is 21.7. The summed E-state index contributed by atoms with van der Waals surface area (Å²) in [5.41, 5.74) is -0.894. The van der Waals surface area contributed by atoms with Crippen molar-refractivity contribution < 1.29 is 18.3 Å². The first-order valence-corrected chi connectivity index (χ1v) is 9.33. The summed E-state index contributed by atoms with van der Waals surface area (Å²) in [5, 5.41) is 18.9. The first-order chi connectivity index (χ1) is 13.4. The number of nitrogens with zero attached hydrogens (tertiary/aromatic N) is 5. The van der Waals surface area contributed by atoms with Gasteiger partial charge in [0, 0.05) is 5.92 Å². The van der Waals surface area contributed by atoms with Gasteiger partial charge >= 0.3 is 11.7 Å². The normalized spacial score (nSPS) is 12.0. The Hall–Kier alpha value is -2.69. The maximum absolute atomic E-state index is 13.2. The van der Waals surface area contributed by atoms with Gasteiger partial charge in [0.1, 0.15) is 12.0 Å². The molecule has 0 unspecified atom stereocenters. The number of hydrogen-bond donors (Lipinski definition) is 1. The smallest absolute Gasteiger partial charge is 0.416 e. The standard InChI is InChI=1S/C18H17BrF3N5O2/c1-8(2)12-15(28)14(26-7-23-17(19)25-26)16(29)27(24-12)13-9(3)5-11(6-10(13)4)18(20,21)22/h5-8,28H,1-4H3. The SMILES string of the molecule is Cc1cc(C(F)(F)F)cc(C)c1-n1nc(C(C)C)c(O)c(-n2cnc(Br)n2)c1=O. The van der Waals surface area contributed by atoms with Crippen LogP contribution >= 0.6 is 15.9 Å². The van der Waals surface area contributed by atoms with E-state index in [4.69, 9.17) is 0 Å². The van der Waals surface area contributed by atoms with Gasteiger partial charge in [0.05, 0.1) is 11.3 Å². The zero-order valence-electron chi connectivity index (χ0n) is 15.9. The summed E-state index contributed by atoms with van der Waals surface area (Å²) in [6.45, 7) is 6.48. The molecule has 11 heteroatoms. The molecule has 0 fully saturated rings. The Morgan fingerprint density at radius 3 is 2.14 bits per heavy atom. The molecule has 0 spiro atoms. The molecule has 3 aromatic rings. The average molecular weight is 472 g/mol. The molecule has 0 saturated carbocycles. The first kappa shape index (κ1) is 21.0. The van der Waals surface area contributed by atoms with E-state index in [1.165, 1.54) is 20.2 Å². The van der Waals surface area contributed by atoms with Crippen molar-refractivity contribution in [3.63, 3.8) is 0 Å². The van der Waals surface area contributed by atoms with E-state index < -0.39 is 17.3 Å². The number of aromatic nitrogens is 5. The Labute approximate surface area is 171 Å². The molecule has 0 atom stereocenters. The third-order valence-electron chi connectivity index (χ3n) is 4.34. The molecule has 0 bridgehead atoms. The van der Waals surface area contributed by atoms with Crippen LogP contribution in [0, 0.1) is 13.8 Å². The number of benzene rings is 1. The van der Waals surface area contributed by atoms with Gasteiger partial charge in [-0.1, -0.05) is 13.8 Å². The maximum atomic E-state index is 13.2. The molecule has 2 heterocycles. The molecule has 0 aliphatic carbocycles. The molecular formula is C18H17BrF3N5O2. The second-order valence-corrected chi connectivity index (χ2v) is 7.58. The van der Waals surface area contributed by atoms with Crippen LogP contribution in [-0.4, -0.2) is 29.7 Å². The van der Waals surface area contributed by atoms with Crippen LogP contribution in [0.15, 0.2) is 28.0 Å². The minimum absolute atomic E-state index is 0.194. The van der Waals surface area contributed by atoms with Gasteiger partial charge in [-0.3, -0.25) is 4.79 Å². The summed E-state index contributed by atoms with van der Waals surface area (Å²) in [5.74, 6) is -0.636. The van der Waals surface area contributed by atoms with Crippen LogP contribution in [0.4, 0.5) is 13.2 Å². The van der Waals surface area contributed by atoms with Crippen molar-refractivity contribution in [2.45, 2.75) is 39.8 Å². The Morgan fingerprint density at radius 2 is 1.69 bits per heavy atom. The third kappa shape index (κ3) is 3.78. The zero-order valence-corrected chi connectivity index (χ0v) is 17.5. The van der Waals surface area contributed by atoms with Gasteiger partial charge in [-0.25, -0.2) is 9.67 Å². The van der Waals surface area contributed by atoms with Crippen LogP contribution in [0.5, 0.6) is 5.75 Å². The van der Waals surface area contributed by atoms with Crippen molar-refractivity contribution in [1.82, 2.24) is 24.5 Å². The molecule has 0 radical (unpaired) electrons. The van der Waals surface area contributed by atoms with Gasteiger partial charge in [0.25, 0.3) is 0 Å². The summed E-state index contributed by atoms with van der Waals surface area (Å²) < 4.78 is 41.7. The number of rotatable bonds is 3. The minimum Gasteiger partial charge on any atom is -0.504 e. The monoisotopic (exact) mass is 471 g/mol. The number of aromatic hydroxyl groups is 1. The van der Waals surface area contributed by atoms with Gasteiger partial charge < -0.3 is 5.11 Å². The van der Waals surface area contributed by atoms with E-state index in [-0.39, 0.29) is 44.6 Å². The summed E-state index contributed by atoms with van der Waals surface area (Å²) in [6, 6.07) is 1.92. The highest BCUT2D eigenvalue weighted by Gasteiger charge is 2.32. The van der Waals surface area contributed by atoms with E-state index in [0.717, 1.165) is 21.5 Å². The minimum atomic E-state index is -4.51. The molecule has 2 aromatic heterocycles. The van der Waals surface area contributed by atoms with Crippen LogP contribution in [0.3, 0.4) is 0 Å². The van der Waals surface area contributed by atoms with Crippen molar-refractivity contribution in [3.8, 4) is 17.1 Å². The molecule has 3 rings (SSSR count). The molecule has 29 heavy (non-hydrogen) atoms. The summed E-state index contributed by atoms with van der Waals surface area (Å²) in [4.78, 5) is 17.1. The lowest BCUT2D eigenvalue weighted by Crippen LogP contribution is -2.29. The van der Waals surface area contributed by atoms with Gasteiger partial charge in [-0.2, -0.15) is 23.0 Å². The summed E-state index contributed by atoms with van der Waals surface area (Å²) in [7, 11) is 0. The van der Waals surface area contributed by atoms with Crippen LogP contribution in [0.25, 0.3) is 11.4 Å². The highest BCUT2D eigenvalue weighted by molar-refractivity contribution is 9.10. The molecule has 154 valence electrons. The third-order valence-corrected chi connectivity index (χ3v) is 4.70. The average Bonchev–Trinajstić information content (AvgIpc) is 3.01. The Kier molecular flexibility index (Phi) is 5.28. The van der Waals surface area contributed by atoms with Gasteiger partial charge in [-0.15, -0.1) is 5.10 Å². The molecule has 1 aromatic carbocycles. The Balaban J connectivity index is 2.37. The fraction of sp³-hybridized carbons (Fsp3) is 0.333. The van der Waals surface area contributed by atoms with E-state index >= 15 is 0 Å². The van der Waals surface area contributed by atoms with Crippen LogP contribution in [0.1, 0.15) is 42.1 Å². The second kappa shape index (κ2) is 7.29. The highest BCUT2D eigenvalue weighted by atomic mass is 79.9. The topological polar surface area (TPSA) is 85.8 Å². The van der Waals surface area contributed by atoms with Gasteiger partial charge in [-0.05, 0) is 53.0 Å². The first-order valence-electron chi connectivity index (χ1n) is 8.54. The van der Waals surface area contributed by atoms with Crippen molar-refractivity contribution in [2.24, 2.45) is 0 Å². The lowest BCUT2D eigenvalue weighted by molar-refractivity contribution is -0.137.